The molecule has 0 spiro atoms. The monoisotopic (exact) mass is 488 g/mol. The van der Waals surface area contributed by atoms with Crippen molar-refractivity contribution < 1.29 is 18.4 Å². The summed E-state index contributed by atoms with van der Waals surface area (Å²) >= 11 is 0. The number of halogens is 2. The summed E-state index contributed by atoms with van der Waals surface area (Å²) in [6.07, 6.45) is 0. The lowest BCUT2D eigenvalue weighted by Crippen LogP contribution is -2.53. The topological polar surface area (TPSA) is 76.4 Å². The Bertz CT molecular complexity index is 1350. The van der Waals surface area contributed by atoms with Crippen LogP contribution >= 0.6 is 0 Å². The molecule has 0 radical (unpaired) electrons. The van der Waals surface area contributed by atoms with Crippen LogP contribution in [0.2, 0.25) is 0 Å². The van der Waals surface area contributed by atoms with Crippen molar-refractivity contribution in [1.82, 2.24) is 9.80 Å². The van der Waals surface area contributed by atoms with E-state index >= 15 is 0 Å². The number of carbonyl (C=O) groups excluding carboxylic acids is 2. The van der Waals surface area contributed by atoms with Crippen LogP contribution in [0.4, 0.5) is 14.5 Å². The third-order valence-electron chi connectivity index (χ3n) is 6.42. The van der Waals surface area contributed by atoms with Crippen LogP contribution in [0.5, 0.6) is 0 Å². The summed E-state index contributed by atoms with van der Waals surface area (Å²) < 4.78 is 28.1. The van der Waals surface area contributed by atoms with Crippen LogP contribution in [-0.4, -0.2) is 47.3 Å². The lowest BCUT2D eigenvalue weighted by Gasteiger charge is -2.40. The van der Waals surface area contributed by atoms with Crippen molar-refractivity contribution in [3.63, 3.8) is 0 Å². The maximum Gasteiger partial charge on any atom is 0.255 e. The van der Waals surface area contributed by atoms with Gasteiger partial charge in [-0.15, -0.1) is 0 Å². The van der Waals surface area contributed by atoms with Crippen molar-refractivity contribution in [1.29, 1.82) is 5.26 Å². The molecule has 2 amide bonds. The molecule has 1 fully saturated rings. The zero-order chi connectivity index (χ0) is 25.8. The molecule has 36 heavy (non-hydrogen) atoms. The number of hydrogen-bond donors (Lipinski definition) is 1. The van der Waals surface area contributed by atoms with Gasteiger partial charge >= 0.3 is 0 Å². The van der Waals surface area contributed by atoms with Gasteiger partial charge < -0.3 is 10.2 Å². The molecule has 4 rings (SSSR count). The first-order valence-electron chi connectivity index (χ1n) is 11.6. The predicted octanol–water partition coefficient (Wildman–Crippen LogP) is 4.74. The molecule has 1 aliphatic heterocycles. The number of hydrogen-bond acceptors (Lipinski definition) is 4. The molecule has 1 N–H and O–H groups in total. The van der Waals surface area contributed by atoms with Gasteiger partial charge in [-0.1, -0.05) is 12.1 Å². The average Bonchev–Trinajstić information content (AvgIpc) is 2.86. The lowest BCUT2D eigenvalue weighted by molar-refractivity contribution is 0.0474. The number of carbonyl (C=O) groups is 2. The fourth-order valence-electron chi connectivity index (χ4n) is 4.46. The minimum atomic E-state index is -0.468. The molecule has 6 nitrogen and oxygen atoms in total. The summed E-state index contributed by atoms with van der Waals surface area (Å²) in [5, 5.41) is 11.8. The minimum Gasteiger partial charge on any atom is -0.333 e. The molecule has 0 aliphatic carbocycles. The Kier molecular flexibility index (Phi) is 7.41. The van der Waals surface area contributed by atoms with Crippen LogP contribution in [0.25, 0.3) is 0 Å². The van der Waals surface area contributed by atoms with E-state index in [0.29, 0.717) is 48.6 Å². The molecular weight excluding hydrogens is 462 g/mol. The zero-order valence-corrected chi connectivity index (χ0v) is 20.1. The van der Waals surface area contributed by atoms with Crippen molar-refractivity contribution >= 4 is 17.5 Å². The number of benzene rings is 3. The molecule has 1 aliphatic rings. The molecule has 1 saturated heterocycles. The van der Waals surface area contributed by atoms with Crippen LogP contribution < -0.4 is 5.32 Å². The normalized spacial score (nSPS) is 15.9. The number of amides is 2. The Labute approximate surface area is 208 Å². The standard InChI is InChI=1S/C28H26F2N4O2/c1-18-16-33(9-10-34(18)28(36)22-7-4-8-24(29)12-22)17-23-13-25(30)14-26(19(23)2)32-27(35)21-6-3-5-20(11-21)15-31/h3-8,11-14,18H,9-10,16-17H2,1-2H3,(H,32,35)/t18-/m0/s1. The number of nitrogens with one attached hydrogen (secondary N) is 1. The van der Waals surface area contributed by atoms with Gasteiger partial charge in [0, 0.05) is 49.0 Å². The SMILES string of the molecule is Cc1c(CN2CCN(C(=O)c3cccc(F)c3)[C@@H](C)C2)cc(F)cc1NC(=O)c1cccc(C#N)c1. The quantitative estimate of drug-likeness (QED) is 0.563. The van der Waals surface area contributed by atoms with E-state index in [4.69, 9.17) is 5.26 Å². The molecule has 184 valence electrons. The van der Waals surface area contributed by atoms with Crippen molar-refractivity contribution in [2.45, 2.75) is 26.4 Å². The highest BCUT2D eigenvalue weighted by Gasteiger charge is 2.28. The maximum absolute atomic E-state index is 14.5. The van der Waals surface area contributed by atoms with E-state index in [2.05, 4.69) is 10.2 Å². The van der Waals surface area contributed by atoms with Gasteiger partial charge in [0.05, 0.1) is 11.6 Å². The highest BCUT2D eigenvalue weighted by Crippen LogP contribution is 2.25. The summed E-state index contributed by atoms with van der Waals surface area (Å²) in [6.45, 7) is 5.81. The number of anilines is 1. The number of piperazine rings is 1. The highest BCUT2D eigenvalue weighted by molar-refractivity contribution is 6.05. The van der Waals surface area contributed by atoms with E-state index in [9.17, 15) is 18.4 Å². The summed E-state index contributed by atoms with van der Waals surface area (Å²) in [6, 6.07) is 16.6. The largest absolute Gasteiger partial charge is 0.333 e. The van der Waals surface area contributed by atoms with Crippen molar-refractivity contribution in [3.05, 3.63) is 100 Å². The van der Waals surface area contributed by atoms with Crippen LogP contribution in [0.15, 0.2) is 60.7 Å². The molecule has 3 aromatic carbocycles. The zero-order valence-electron chi connectivity index (χ0n) is 20.1. The minimum absolute atomic E-state index is 0.116. The van der Waals surface area contributed by atoms with E-state index in [0.717, 1.165) is 11.1 Å². The first-order valence-corrected chi connectivity index (χ1v) is 11.6. The van der Waals surface area contributed by atoms with Crippen molar-refractivity contribution in [3.8, 4) is 6.07 Å². The van der Waals surface area contributed by atoms with E-state index < -0.39 is 17.5 Å². The maximum atomic E-state index is 14.5. The van der Waals surface area contributed by atoms with Gasteiger partial charge in [-0.25, -0.2) is 8.78 Å². The van der Waals surface area contributed by atoms with Crippen LogP contribution in [-0.2, 0) is 6.54 Å². The molecule has 3 aromatic rings. The van der Waals surface area contributed by atoms with Gasteiger partial charge in [-0.05, 0) is 73.5 Å². The second-order valence-electron chi connectivity index (χ2n) is 8.98. The smallest absolute Gasteiger partial charge is 0.255 e. The van der Waals surface area contributed by atoms with Crippen LogP contribution in [0.3, 0.4) is 0 Å². The third kappa shape index (κ3) is 5.58. The molecule has 8 heteroatoms. The Morgan fingerprint density at radius 1 is 1.03 bits per heavy atom. The summed E-state index contributed by atoms with van der Waals surface area (Å²) in [5.74, 6) is -1.56. The van der Waals surface area contributed by atoms with E-state index in [1.807, 2.05) is 19.9 Å². The summed E-state index contributed by atoms with van der Waals surface area (Å²) in [5.41, 5.74) is 2.83. The van der Waals surface area contributed by atoms with E-state index in [1.54, 1.807) is 29.2 Å². The average molecular weight is 489 g/mol. The molecule has 1 atom stereocenters. The molecular formula is C28H26F2N4O2. The second kappa shape index (κ2) is 10.7. The van der Waals surface area contributed by atoms with Crippen LogP contribution in [0.1, 0.15) is 44.3 Å². The van der Waals surface area contributed by atoms with Crippen molar-refractivity contribution in [2.75, 3.05) is 25.0 Å². The Morgan fingerprint density at radius 3 is 2.50 bits per heavy atom. The molecule has 0 aromatic heterocycles. The van der Waals surface area contributed by atoms with Crippen molar-refractivity contribution in [2.24, 2.45) is 0 Å². The predicted molar refractivity (Wildman–Crippen MR) is 132 cm³/mol. The Hall–Kier alpha value is -4.09. The first-order chi connectivity index (χ1) is 17.2. The van der Waals surface area contributed by atoms with E-state index in [1.165, 1.54) is 36.4 Å². The molecule has 0 unspecified atom stereocenters. The fraction of sp³-hybridized carbons (Fsp3) is 0.250. The Balaban J connectivity index is 1.45. The first kappa shape index (κ1) is 25.0. The lowest BCUT2D eigenvalue weighted by atomic mass is 10.0. The number of rotatable bonds is 5. The van der Waals surface area contributed by atoms with Crippen LogP contribution in [0, 0.1) is 29.9 Å². The molecule has 0 saturated carbocycles. The Morgan fingerprint density at radius 2 is 1.78 bits per heavy atom. The summed E-state index contributed by atoms with van der Waals surface area (Å²) in [7, 11) is 0. The van der Waals surface area contributed by atoms with Gasteiger partial charge in [-0.2, -0.15) is 5.26 Å². The number of nitrogens with zero attached hydrogens (tertiary/aromatic N) is 3. The highest BCUT2D eigenvalue weighted by atomic mass is 19.1. The third-order valence-corrected chi connectivity index (χ3v) is 6.42. The fourth-order valence-corrected chi connectivity index (χ4v) is 4.46. The second-order valence-corrected chi connectivity index (χ2v) is 8.98. The number of nitriles is 1. The van der Waals surface area contributed by atoms with Gasteiger partial charge in [0.1, 0.15) is 11.6 Å². The summed E-state index contributed by atoms with van der Waals surface area (Å²) in [4.78, 5) is 29.4. The molecule has 1 heterocycles. The molecule has 0 bridgehead atoms. The van der Waals surface area contributed by atoms with Gasteiger partial charge in [0.2, 0.25) is 0 Å². The van der Waals surface area contributed by atoms with Gasteiger partial charge in [0.15, 0.2) is 0 Å². The van der Waals surface area contributed by atoms with Gasteiger partial charge in [-0.3, -0.25) is 14.5 Å². The van der Waals surface area contributed by atoms with E-state index in [-0.39, 0.29) is 11.9 Å². The van der Waals surface area contributed by atoms with Gasteiger partial charge in [0.25, 0.3) is 11.8 Å².